The molecular formula is C12H14ClN3O2. The minimum atomic E-state index is 0.417. The summed E-state index contributed by atoms with van der Waals surface area (Å²) in [5.41, 5.74) is 8.16. The topological polar surface area (TPSA) is 73.2 Å². The number of nitrogens with zero attached hydrogens (tertiary/aromatic N) is 1. The lowest BCUT2D eigenvalue weighted by Crippen LogP contribution is -1.97. The SMILES string of the molecule is COc1c(Cl)cc(C)c(-c2cc(N)n[nH]2)c1OC. The van der Waals surface area contributed by atoms with E-state index in [1.807, 2.05) is 13.0 Å². The van der Waals surface area contributed by atoms with Crippen molar-refractivity contribution in [3.63, 3.8) is 0 Å². The van der Waals surface area contributed by atoms with Crippen molar-refractivity contribution in [2.45, 2.75) is 6.92 Å². The van der Waals surface area contributed by atoms with Crippen LogP contribution in [0.2, 0.25) is 5.02 Å². The van der Waals surface area contributed by atoms with Gasteiger partial charge in [-0.3, -0.25) is 5.10 Å². The molecule has 0 atom stereocenters. The summed E-state index contributed by atoms with van der Waals surface area (Å²) in [4.78, 5) is 0. The van der Waals surface area contributed by atoms with Crippen LogP contribution >= 0.6 is 11.6 Å². The van der Waals surface area contributed by atoms with Gasteiger partial charge in [-0.2, -0.15) is 5.10 Å². The number of benzene rings is 1. The van der Waals surface area contributed by atoms with Gasteiger partial charge in [0.2, 0.25) is 0 Å². The zero-order valence-corrected chi connectivity index (χ0v) is 11.1. The van der Waals surface area contributed by atoms with E-state index in [0.717, 1.165) is 16.8 Å². The molecule has 1 aromatic heterocycles. The molecule has 5 nitrogen and oxygen atoms in total. The van der Waals surface area contributed by atoms with Gasteiger partial charge in [-0.15, -0.1) is 0 Å². The lowest BCUT2D eigenvalue weighted by atomic mass is 10.0. The normalized spacial score (nSPS) is 10.4. The zero-order chi connectivity index (χ0) is 13.3. The fraction of sp³-hybridized carbons (Fsp3) is 0.250. The predicted octanol–water partition coefficient (Wildman–Crippen LogP) is 2.64. The number of aromatic nitrogens is 2. The van der Waals surface area contributed by atoms with Crippen LogP contribution in [0, 0.1) is 6.92 Å². The van der Waals surface area contributed by atoms with Crippen LogP contribution in [0.3, 0.4) is 0 Å². The second kappa shape index (κ2) is 4.78. The van der Waals surface area contributed by atoms with Crippen molar-refractivity contribution in [3.05, 3.63) is 22.7 Å². The van der Waals surface area contributed by atoms with E-state index in [-0.39, 0.29) is 0 Å². The highest BCUT2D eigenvalue weighted by molar-refractivity contribution is 6.32. The summed E-state index contributed by atoms with van der Waals surface area (Å²) in [6, 6.07) is 3.55. The first-order valence-corrected chi connectivity index (χ1v) is 5.68. The number of anilines is 1. The van der Waals surface area contributed by atoms with Crippen LogP contribution in [-0.2, 0) is 0 Å². The van der Waals surface area contributed by atoms with Gasteiger partial charge in [0.15, 0.2) is 11.5 Å². The summed E-state index contributed by atoms with van der Waals surface area (Å²) < 4.78 is 10.7. The van der Waals surface area contributed by atoms with Crippen LogP contribution in [0.4, 0.5) is 5.82 Å². The number of H-pyrrole nitrogens is 1. The van der Waals surface area contributed by atoms with Crippen LogP contribution in [0.5, 0.6) is 11.5 Å². The van der Waals surface area contributed by atoms with Crippen molar-refractivity contribution in [1.82, 2.24) is 10.2 Å². The minimum Gasteiger partial charge on any atom is -0.492 e. The number of hydrogen-bond donors (Lipinski definition) is 2. The third-order valence-corrected chi connectivity index (χ3v) is 2.94. The maximum Gasteiger partial charge on any atom is 0.180 e. The number of rotatable bonds is 3. The van der Waals surface area contributed by atoms with Gasteiger partial charge >= 0.3 is 0 Å². The first-order chi connectivity index (χ1) is 8.58. The summed E-state index contributed by atoms with van der Waals surface area (Å²) in [6.45, 7) is 1.93. The van der Waals surface area contributed by atoms with E-state index in [2.05, 4.69) is 10.2 Å². The average Bonchev–Trinajstić information content (AvgIpc) is 2.74. The Balaban J connectivity index is 2.73. The maximum atomic E-state index is 6.12. The Morgan fingerprint density at radius 3 is 2.39 bits per heavy atom. The van der Waals surface area contributed by atoms with E-state index in [9.17, 15) is 0 Å². The van der Waals surface area contributed by atoms with Gasteiger partial charge in [-0.05, 0) is 18.6 Å². The summed E-state index contributed by atoms with van der Waals surface area (Å²) in [5, 5.41) is 7.27. The number of aromatic amines is 1. The van der Waals surface area contributed by atoms with Crippen molar-refractivity contribution >= 4 is 17.4 Å². The Morgan fingerprint density at radius 2 is 1.89 bits per heavy atom. The van der Waals surface area contributed by atoms with Crippen molar-refractivity contribution in [1.29, 1.82) is 0 Å². The van der Waals surface area contributed by atoms with Gasteiger partial charge in [0.1, 0.15) is 5.82 Å². The Bertz CT molecular complexity index is 581. The molecule has 1 heterocycles. The summed E-state index contributed by atoms with van der Waals surface area (Å²) in [7, 11) is 3.11. The second-order valence-corrected chi connectivity index (χ2v) is 4.23. The Hall–Kier alpha value is -1.88. The van der Waals surface area contributed by atoms with Gasteiger partial charge in [0.25, 0.3) is 0 Å². The minimum absolute atomic E-state index is 0.417. The fourth-order valence-electron chi connectivity index (χ4n) is 1.91. The number of nitrogens with two attached hydrogens (primary N) is 1. The summed E-state index contributed by atoms with van der Waals surface area (Å²) in [6.07, 6.45) is 0. The average molecular weight is 268 g/mol. The molecule has 96 valence electrons. The highest BCUT2D eigenvalue weighted by atomic mass is 35.5. The van der Waals surface area contributed by atoms with Crippen molar-refractivity contribution < 1.29 is 9.47 Å². The number of nitrogens with one attached hydrogen (secondary N) is 1. The molecule has 0 bridgehead atoms. The molecule has 0 amide bonds. The zero-order valence-electron chi connectivity index (χ0n) is 10.4. The molecule has 2 rings (SSSR count). The van der Waals surface area contributed by atoms with E-state index in [0.29, 0.717) is 22.3 Å². The van der Waals surface area contributed by atoms with Gasteiger partial charge in [-0.1, -0.05) is 11.6 Å². The van der Waals surface area contributed by atoms with Crippen LogP contribution in [0.15, 0.2) is 12.1 Å². The van der Waals surface area contributed by atoms with E-state index in [1.54, 1.807) is 20.3 Å². The van der Waals surface area contributed by atoms with E-state index >= 15 is 0 Å². The first-order valence-electron chi connectivity index (χ1n) is 5.30. The van der Waals surface area contributed by atoms with Gasteiger partial charge < -0.3 is 15.2 Å². The number of nitrogen functional groups attached to an aromatic ring is 1. The molecule has 1 aromatic carbocycles. The summed E-state index contributed by atoms with van der Waals surface area (Å²) >= 11 is 6.12. The Morgan fingerprint density at radius 1 is 1.22 bits per heavy atom. The molecule has 18 heavy (non-hydrogen) atoms. The highest BCUT2D eigenvalue weighted by Gasteiger charge is 2.19. The molecule has 0 fully saturated rings. The Kier molecular flexibility index (Phi) is 3.34. The third-order valence-electron chi connectivity index (χ3n) is 2.66. The molecule has 0 aliphatic carbocycles. The molecule has 6 heteroatoms. The van der Waals surface area contributed by atoms with Crippen LogP contribution < -0.4 is 15.2 Å². The molecule has 0 unspecified atom stereocenters. The first kappa shape index (κ1) is 12.6. The smallest absolute Gasteiger partial charge is 0.180 e. The number of methoxy groups -OCH3 is 2. The van der Waals surface area contributed by atoms with E-state index in [1.165, 1.54) is 0 Å². The standard InChI is InChI=1S/C12H14ClN3O2/c1-6-4-7(13)11(17-2)12(18-3)10(6)8-5-9(14)16-15-8/h4-5H,1-3H3,(H3,14,15,16). The van der Waals surface area contributed by atoms with Crippen LogP contribution in [0.25, 0.3) is 11.3 Å². The fourth-order valence-corrected chi connectivity index (χ4v) is 2.24. The number of halogens is 1. The monoisotopic (exact) mass is 267 g/mol. The molecule has 2 aromatic rings. The Labute approximate surface area is 110 Å². The van der Waals surface area contributed by atoms with Gasteiger partial charge in [0, 0.05) is 11.6 Å². The van der Waals surface area contributed by atoms with E-state index < -0.39 is 0 Å². The number of hydrogen-bond acceptors (Lipinski definition) is 4. The number of aryl methyl sites for hydroxylation is 1. The van der Waals surface area contributed by atoms with E-state index in [4.69, 9.17) is 26.8 Å². The second-order valence-electron chi connectivity index (χ2n) is 3.82. The van der Waals surface area contributed by atoms with Crippen LogP contribution in [-0.4, -0.2) is 24.4 Å². The highest BCUT2D eigenvalue weighted by Crippen LogP contribution is 2.44. The van der Waals surface area contributed by atoms with Crippen LogP contribution in [0.1, 0.15) is 5.56 Å². The van der Waals surface area contributed by atoms with Gasteiger partial charge in [0.05, 0.1) is 24.9 Å². The molecule has 0 spiro atoms. The lowest BCUT2D eigenvalue weighted by molar-refractivity contribution is 0.356. The number of ether oxygens (including phenoxy) is 2. The quantitative estimate of drug-likeness (QED) is 0.897. The van der Waals surface area contributed by atoms with Crippen molar-refractivity contribution in [3.8, 4) is 22.8 Å². The molecule has 0 aliphatic heterocycles. The summed E-state index contributed by atoms with van der Waals surface area (Å²) in [5.74, 6) is 1.47. The molecule has 0 saturated carbocycles. The molecule has 0 radical (unpaired) electrons. The van der Waals surface area contributed by atoms with Crippen molar-refractivity contribution in [2.24, 2.45) is 0 Å². The largest absolute Gasteiger partial charge is 0.492 e. The molecular weight excluding hydrogens is 254 g/mol. The van der Waals surface area contributed by atoms with Gasteiger partial charge in [-0.25, -0.2) is 0 Å². The predicted molar refractivity (Wildman–Crippen MR) is 71.3 cm³/mol. The maximum absolute atomic E-state index is 6.12. The molecule has 3 N–H and O–H groups in total. The van der Waals surface area contributed by atoms with Crippen molar-refractivity contribution in [2.75, 3.05) is 20.0 Å². The molecule has 0 saturated heterocycles. The third kappa shape index (κ3) is 1.97. The lowest BCUT2D eigenvalue weighted by Gasteiger charge is -2.15. The molecule has 0 aliphatic rings.